The van der Waals surface area contributed by atoms with Crippen molar-refractivity contribution in [2.75, 3.05) is 11.9 Å². The van der Waals surface area contributed by atoms with E-state index in [1.54, 1.807) is 13.0 Å². The van der Waals surface area contributed by atoms with Crippen molar-refractivity contribution in [1.29, 1.82) is 0 Å². The second-order valence-electron chi connectivity index (χ2n) is 7.77. The highest BCUT2D eigenvalue weighted by Crippen LogP contribution is 2.36. The number of aryl methyl sites for hydroxylation is 3. The molecule has 4 aromatic rings. The SMILES string of the molecule is CCOC(=O)c1c(-c2ccc(C)cc2)csc1NC(=O)c1cc(-c2ccc(C)c(C)c2)on1. The second-order valence-corrected chi connectivity index (χ2v) is 8.65. The molecule has 1 N–H and O–H groups in total. The van der Waals surface area contributed by atoms with Gasteiger partial charge in [0.05, 0.1) is 6.61 Å². The van der Waals surface area contributed by atoms with Gasteiger partial charge in [-0.1, -0.05) is 47.1 Å². The topological polar surface area (TPSA) is 81.4 Å². The van der Waals surface area contributed by atoms with Crippen LogP contribution < -0.4 is 5.32 Å². The van der Waals surface area contributed by atoms with Gasteiger partial charge in [0.2, 0.25) is 0 Å². The van der Waals surface area contributed by atoms with Crippen LogP contribution >= 0.6 is 11.3 Å². The first kappa shape index (κ1) is 22.5. The first-order chi connectivity index (χ1) is 15.9. The molecule has 6 nitrogen and oxygen atoms in total. The van der Waals surface area contributed by atoms with Crippen molar-refractivity contribution in [2.45, 2.75) is 27.7 Å². The Morgan fingerprint density at radius 1 is 1.00 bits per heavy atom. The molecule has 0 aliphatic carbocycles. The summed E-state index contributed by atoms with van der Waals surface area (Å²) in [5, 5.41) is 8.99. The largest absolute Gasteiger partial charge is 0.462 e. The average Bonchev–Trinajstić information content (AvgIpc) is 3.44. The maximum atomic E-state index is 12.9. The van der Waals surface area contributed by atoms with E-state index in [1.165, 1.54) is 16.9 Å². The number of carbonyl (C=O) groups is 2. The minimum absolute atomic E-state index is 0.128. The molecular formula is C26H24N2O4S. The summed E-state index contributed by atoms with van der Waals surface area (Å²) >= 11 is 1.27. The van der Waals surface area contributed by atoms with Gasteiger partial charge in [-0.3, -0.25) is 4.79 Å². The Balaban J connectivity index is 1.63. The minimum Gasteiger partial charge on any atom is -0.462 e. The standard InChI is InChI=1S/C26H24N2O4S/c1-5-31-26(30)23-20(18-9-6-15(2)7-10-18)14-33-25(23)27-24(29)21-13-22(32-28-21)19-11-8-16(3)17(4)12-19/h6-14H,5H2,1-4H3,(H,27,29). The number of carbonyl (C=O) groups excluding carboxylic acids is 2. The quantitative estimate of drug-likeness (QED) is 0.336. The number of thiophene rings is 1. The number of rotatable bonds is 6. The number of anilines is 1. The van der Waals surface area contributed by atoms with Crippen LogP contribution in [0.15, 0.2) is 58.4 Å². The van der Waals surface area contributed by atoms with Crippen LogP contribution in [-0.2, 0) is 4.74 Å². The van der Waals surface area contributed by atoms with E-state index < -0.39 is 11.9 Å². The molecule has 0 fully saturated rings. The van der Waals surface area contributed by atoms with Crippen LogP contribution in [0.5, 0.6) is 0 Å². The van der Waals surface area contributed by atoms with E-state index in [9.17, 15) is 9.59 Å². The van der Waals surface area contributed by atoms with E-state index in [-0.39, 0.29) is 12.3 Å². The van der Waals surface area contributed by atoms with E-state index in [0.717, 1.165) is 22.3 Å². The zero-order valence-electron chi connectivity index (χ0n) is 18.9. The number of nitrogens with zero attached hydrogens (tertiary/aromatic N) is 1. The molecule has 0 aliphatic heterocycles. The highest BCUT2D eigenvalue weighted by atomic mass is 32.1. The monoisotopic (exact) mass is 460 g/mol. The van der Waals surface area contributed by atoms with Gasteiger partial charge in [0.1, 0.15) is 10.6 Å². The van der Waals surface area contributed by atoms with Crippen molar-refractivity contribution in [2.24, 2.45) is 0 Å². The predicted molar refractivity (Wildman–Crippen MR) is 130 cm³/mol. The maximum absolute atomic E-state index is 12.9. The number of nitrogens with one attached hydrogen (secondary N) is 1. The lowest BCUT2D eigenvalue weighted by Gasteiger charge is -2.08. The zero-order valence-corrected chi connectivity index (χ0v) is 19.7. The Labute approximate surface area is 196 Å². The number of hydrogen-bond acceptors (Lipinski definition) is 6. The lowest BCUT2D eigenvalue weighted by atomic mass is 10.0. The van der Waals surface area contributed by atoms with Gasteiger partial charge < -0.3 is 14.6 Å². The predicted octanol–water partition coefficient (Wildman–Crippen LogP) is 6.42. The van der Waals surface area contributed by atoms with Gasteiger partial charge in [-0.2, -0.15) is 0 Å². The fourth-order valence-electron chi connectivity index (χ4n) is 3.38. The van der Waals surface area contributed by atoms with E-state index in [1.807, 2.05) is 68.6 Å². The summed E-state index contributed by atoms with van der Waals surface area (Å²) in [6.07, 6.45) is 0. The average molecular weight is 461 g/mol. The lowest BCUT2D eigenvalue weighted by Crippen LogP contribution is -2.15. The Bertz CT molecular complexity index is 1320. The smallest absolute Gasteiger partial charge is 0.341 e. The number of ether oxygens (including phenoxy) is 1. The molecular weight excluding hydrogens is 436 g/mol. The van der Waals surface area contributed by atoms with Gasteiger partial charge in [-0.25, -0.2) is 4.79 Å². The number of benzene rings is 2. The maximum Gasteiger partial charge on any atom is 0.341 e. The minimum atomic E-state index is -0.486. The van der Waals surface area contributed by atoms with Gasteiger partial charge >= 0.3 is 5.97 Å². The molecule has 0 aliphatic rings. The van der Waals surface area contributed by atoms with Crippen molar-refractivity contribution < 1.29 is 18.8 Å². The van der Waals surface area contributed by atoms with Crippen LogP contribution in [0.3, 0.4) is 0 Å². The molecule has 2 heterocycles. The zero-order chi connectivity index (χ0) is 23.5. The Kier molecular flexibility index (Phi) is 6.42. The van der Waals surface area contributed by atoms with Gasteiger partial charge in [0, 0.05) is 22.6 Å². The van der Waals surface area contributed by atoms with E-state index in [4.69, 9.17) is 9.26 Å². The van der Waals surface area contributed by atoms with E-state index in [2.05, 4.69) is 10.5 Å². The van der Waals surface area contributed by atoms with Crippen molar-refractivity contribution in [3.8, 4) is 22.5 Å². The van der Waals surface area contributed by atoms with Crippen molar-refractivity contribution >= 4 is 28.2 Å². The number of esters is 1. The molecule has 1 amide bonds. The van der Waals surface area contributed by atoms with Crippen LogP contribution in [0.4, 0.5) is 5.00 Å². The summed E-state index contributed by atoms with van der Waals surface area (Å²) in [4.78, 5) is 25.7. The van der Waals surface area contributed by atoms with Crippen LogP contribution in [0, 0.1) is 20.8 Å². The molecule has 0 saturated carbocycles. The first-order valence-corrected chi connectivity index (χ1v) is 11.5. The van der Waals surface area contributed by atoms with Crippen LogP contribution in [0.1, 0.15) is 44.5 Å². The van der Waals surface area contributed by atoms with Gasteiger partial charge in [0.25, 0.3) is 5.91 Å². The molecule has 0 atom stereocenters. The first-order valence-electron chi connectivity index (χ1n) is 10.6. The van der Waals surface area contributed by atoms with Crippen LogP contribution in [0.25, 0.3) is 22.5 Å². The molecule has 0 unspecified atom stereocenters. The molecule has 2 aromatic carbocycles. The normalized spacial score (nSPS) is 10.8. The number of amides is 1. The Morgan fingerprint density at radius 2 is 1.73 bits per heavy atom. The molecule has 0 saturated heterocycles. The molecule has 4 rings (SSSR count). The van der Waals surface area contributed by atoms with Crippen molar-refractivity contribution in [3.63, 3.8) is 0 Å². The van der Waals surface area contributed by atoms with Crippen molar-refractivity contribution in [1.82, 2.24) is 5.16 Å². The molecule has 0 bridgehead atoms. The molecule has 33 heavy (non-hydrogen) atoms. The fraction of sp³-hybridized carbons (Fsp3) is 0.192. The highest BCUT2D eigenvalue weighted by Gasteiger charge is 2.24. The third-order valence-corrected chi connectivity index (χ3v) is 6.29. The summed E-state index contributed by atoms with van der Waals surface area (Å²) in [6, 6.07) is 15.3. The molecule has 168 valence electrons. The lowest BCUT2D eigenvalue weighted by molar-refractivity contribution is 0.0529. The van der Waals surface area contributed by atoms with Gasteiger partial charge in [0.15, 0.2) is 11.5 Å². The van der Waals surface area contributed by atoms with E-state index in [0.29, 0.717) is 21.9 Å². The summed E-state index contributed by atoms with van der Waals surface area (Å²) < 4.78 is 10.7. The Morgan fingerprint density at radius 3 is 2.42 bits per heavy atom. The third kappa shape index (κ3) is 4.73. The molecule has 2 aromatic heterocycles. The molecule has 0 radical (unpaired) electrons. The van der Waals surface area contributed by atoms with Gasteiger partial charge in [-0.15, -0.1) is 11.3 Å². The summed E-state index contributed by atoms with van der Waals surface area (Å²) in [5.41, 5.74) is 6.30. The number of hydrogen-bond donors (Lipinski definition) is 1. The Hall–Kier alpha value is -3.71. The summed E-state index contributed by atoms with van der Waals surface area (Å²) in [5.74, 6) is -0.447. The molecule has 7 heteroatoms. The molecule has 0 spiro atoms. The summed E-state index contributed by atoms with van der Waals surface area (Å²) in [7, 11) is 0. The summed E-state index contributed by atoms with van der Waals surface area (Å²) in [6.45, 7) is 8.03. The van der Waals surface area contributed by atoms with Crippen LogP contribution in [-0.4, -0.2) is 23.6 Å². The van der Waals surface area contributed by atoms with Crippen molar-refractivity contribution in [3.05, 3.63) is 81.9 Å². The number of aromatic nitrogens is 1. The highest BCUT2D eigenvalue weighted by molar-refractivity contribution is 7.15. The fourth-order valence-corrected chi connectivity index (χ4v) is 4.33. The van der Waals surface area contributed by atoms with Crippen LogP contribution in [0.2, 0.25) is 0 Å². The van der Waals surface area contributed by atoms with Gasteiger partial charge in [-0.05, 0) is 50.5 Å². The van der Waals surface area contributed by atoms with E-state index >= 15 is 0 Å². The second kappa shape index (κ2) is 9.42. The third-order valence-electron chi connectivity index (χ3n) is 5.39.